The van der Waals surface area contributed by atoms with E-state index in [9.17, 15) is 4.79 Å². The first-order valence-corrected chi connectivity index (χ1v) is 8.85. The topological polar surface area (TPSA) is 47.6 Å². The standard InChI is InChI=1S/C23H23NO3/c1-26-21-11-9-18(10-12-21)19-6-4-7-20(16-19)23(25)24-14-13-17-5-3-8-22(15-17)27-2/h3-12,15-16H,13-14H2,1-2H3,(H,24,25). The number of methoxy groups -OCH3 is 2. The Morgan fingerprint density at radius 2 is 1.56 bits per heavy atom. The molecule has 0 saturated heterocycles. The second kappa shape index (κ2) is 8.90. The molecule has 1 amide bonds. The summed E-state index contributed by atoms with van der Waals surface area (Å²) in [5.41, 5.74) is 3.82. The predicted molar refractivity (Wildman–Crippen MR) is 107 cm³/mol. The Labute approximate surface area is 159 Å². The first-order valence-electron chi connectivity index (χ1n) is 8.85. The lowest BCUT2D eigenvalue weighted by atomic mass is 10.0. The summed E-state index contributed by atoms with van der Waals surface area (Å²) in [7, 11) is 3.29. The molecular formula is C23H23NO3. The van der Waals surface area contributed by atoms with Gasteiger partial charge in [-0.1, -0.05) is 36.4 Å². The summed E-state index contributed by atoms with van der Waals surface area (Å²) in [5.74, 6) is 1.56. The van der Waals surface area contributed by atoms with Crippen molar-refractivity contribution in [1.29, 1.82) is 0 Å². The average molecular weight is 361 g/mol. The summed E-state index contributed by atoms with van der Waals surface area (Å²) in [4.78, 5) is 12.5. The Bertz CT molecular complexity index is 904. The molecule has 0 saturated carbocycles. The quantitative estimate of drug-likeness (QED) is 0.681. The van der Waals surface area contributed by atoms with Crippen LogP contribution in [0.4, 0.5) is 0 Å². The van der Waals surface area contributed by atoms with Gasteiger partial charge in [0.25, 0.3) is 5.91 Å². The zero-order valence-corrected chi connectivity index (χ0v) is 15.6. The molecule has 27 heavy (non-hydrogen) atoms. The Kier molecular flexibility index (Phi) is 6.10. The number of carbonyl (C=O) groups excluding carboxylic acids is 1. The van der Waals surface area contributed by atoms with Crippen molar-refractivity contribution in [3.8, 4) is 22.6 Å². The fraction of sp³-hybridized carbons (Fsp3) is 0.174. The van der Waals surface area contributed by atoms with Crippen LogP contribution >= 0.6 is 0 Å². The van der Waals surface area contributed by atoms with Gasteiger partial charge in [-0.05, 0) is 59.5 Å². The number of benzene rings is 3. The van der Waals surface area contributed by atoms with E-state index in [1.807, 2.05) is 72.8 Å². The highest BCUT2D eigenvalue weighted by atomic mass is 16.5. The zero-order chi connectivity index (χ0) is 19.1. The normalized spacial score (nSPS) is 10.3. The molecule has 0 spiro atoms. The van der Waals surface area contributed by atoms with Crippen LogP contribution in [0.5, 0.6) is 11.5 Å². The molecule has 3 aromatic carbocycles. The summed E-state index contributed by atoms with van der Waals surface area (Å²) < 4.78 is 10.4. The summed E-state index contributed by atoms with van der Waals surface area (Å²) in [6, 6.07) is 23.3. The Hall–Kier alpha value is -3.27. The Morgan fingerprint density at radius 3 is 2.30 bits per heavy atom. The molecule has 1 N–H and O–H groups in total. The monoisotopic (exact) mass is 361 g/mol. The van der Waals surface area contributed by atoms with Gasteiger partial charge in [0.2, 0.25) is 0 Å². The molecule has 3 aromatic rings. The van der Waals surface area contributed by atoms with Gasteiger partial charge in [0.05, 0.1) is 14.2 Å². The van der Waals surface area contributed by atoms with Crippen molar-refractivity contribution in [2.75, 3.05) is 20.8 Å². The van der Waals surface area contributed by atoms with E-state index in [0.29, 0.717) is 12.1 Å². The van der Waals surface area contributed by atoms with Crippen molar-refractivity contribution in [3.63, 3.8) is 0 Å². The largest absolute Gasteiger partial charge is 0.497 e. The molecule has 0 aromatic heterocycles. The number of carbonyl (C=O) groups is 1. The lowest BCUT2D eigenvalue weighted by Crippen LogP contribution is -2.25. The van der Waals surface area contributed by atoms with E-state index in [1.54, 1.807) is 14.2 Å². The second-order valence-electron chi connectivity index (χ2n) is 6.17. The van der Waals surface area contributed by atoms with Crippen LogP contribution in [0.3, 0.4) is 0 Å². The molecular weight excluding hydrogens is 338 g/mol. The van der Waals surface area contributed by atoms with Crippen LogP contribution in [0.2, 0.25) is 0 Å². The van der Waals surface area contributed by atoms with E-state index < -0.39 is 0 Å². The highest BCUT2D eigenvalue weighted by Gasteiger charge is 2.07. The summed E-state index contributed by atoms with van der Waals surface area (Å²) >= 11 is 0. The van der Waals surface area contributed by atoms with Crippen LogP contribution in [0.1, 0.15) is 15.9 Å². The molecule has 0 aliphatic rings. The molecule has 0 heterocycles. The van der Waals surface area contributed by atoms with Crippen molar-refractivity contribution in [2.45, 2.75) is 6.42 Å². The van der Waals surface area contributed by atoms with E-state index >= 15 is 0 Å². The molecule has 3 rings (SSSR count). The lowest BCUT2D eigenvalue weighted by molar-refractivity contribution is 0.0954. The lowest BCUT2D eigenvalue weighted by Gasteiger charge is -2.09. The van der Waals surface area contributed by atoms with Crippen LogP contribution in [0.15, 0.2) is 72.8 Å². The van der Waals surface area contributed by atoms with E-state index in [2.05, 4.69) is 5.32 Å². The highest BCUT2D eigenvalue weighted by molar-refractivity contribution is 5.95. The fourth-order valence-electron chi connectivity index (χ4n) is 2.87. The van der Waals surface area contributed by atoms with Gasteiger partial charge in [-0.3, -0.25) is 4.79 Å². The predicted octanol–water partition coefficient (Wildman–Crippen LogP) is 4.34. The van der Waals surface area contributed by atoms with Crippen molar-refractivity contribution >= 4 is 5.91 Å². The van der Waals surface area contributed by atoms with Crippen LogP contribution in [0.25, 0.3) is 11.1 Å². The molecule has 0 atom stereocenters. The summed E-state index contributed by atoms with van der Waals surface area (Å²) in [6.07, 6.45) is 0.751. The van der Waals surface area contributed by atoms with Crippen molar-refractivity contribution in [1.82, 2.24) is 5.32 Å². The minimum Gasteiger partial charge on any atom is -0.497 e. The molecule has 0 aliphatic carbocycles. The van der Waals surface area contributed by atoms with Crippen LogP contribution < -0.4 is 14.8 Å². The van der Waals surface area contributed by atoms with Gasteiger partial charge in [0.15, 0.2) is 0 Å². The minimum atomic E-state index is -0.0757. The summed E-state index contributed by atoms with van der Waals surface area (Å²) in [6.45, 7) is 0.568. The molecule has 138 valence electrons. The third-order valence-corrected chi connectivity index (χ3v) is 4.38. The van der Waals surface area contributed by atoms with Gasteiger partial charge in [-0.2, -0.15) is 0 Å². The van der Waals surface area contributed by atoms with E-state index in [-0.39, 0.29) is 5.91 Å². The smallest absolute Gasteiger partial charge is 0.251 e. The van der Waals surface area contributed by atoms with Crippen molar-refractivity contribution in [3.05, 3.63) is 83.9 Å². The maximum atomic E-state index is 12.5. The molecule has 0 fully saturated rings. The van der Waals surface area contributed by atoms with Crippen LogP contribution in [-0.2, 0) is 6.42 Å². The van der Waals surface area contributed by atoms with Gasteiger partial charge in [0.1, 0.15) is 11.5 Å². The molecule has 4 nitrogen and oxygen atoms in total. The molecule has 4 heteroatoms. The van der Waals surface area contributed by atoms with Gasteiger partial charge < -0.3 is 14.8 Å². The van der Waals surface area contributed by atoms with Crippen LogP contribution in [0, 0.1) is 0 Å². The molecule has 0 aliphatic heterocycles. The van der Waals surface area contributed by atoms with E-state index in [4.69, 9.17) is 9.47 Å². The number of hydrogen-bond donors (Lipinski definition) is 1. The molecule has 0 bridgehead atoms. The van der Waals surface area contributed by atoms with Gasteiger partial charge in [-0.25, -0.2) is 0 Å². The fourth-order valence-corrected chi connectivity index (χ4v) is 2.87. The third kappa shape index (κ3) is 4.88. The van der Waals surface area contributed by atoms with Crippen molar-refractivity contribution < 1.29 is 14.3 Å². The van der Waals surface area contributed by atoms with Crippen molar-refractivity contribution in [2.24, 2.45) is 0 Å². The number of rotatable bonds is 7. The van der Waals surface area contributed by atoms with E-state index in [1.165, 1.54) is 0 Å². The molecule has 0 unspecified atom stereocenters. The minimum absolute atomic E-state index is 0.0757. The second-order valence-corrected chi connectivity index (χ2v) is 6.17. The van der Waals surface area contributed by atoms with Gasteiger partial charge in [0, 0.05) is 12.1 Å². The molecule has 0 radical (unpaired) electrons. The van der Waals surface area contributed by atoms with Gasteiger partial charge in [-0.15, -0.1) is 0 Å². The average Bonchev–Trinajstić information content (AvgIpc) is 2.74. The summed E-state index contributed by atoms with van der Waals surface area (Å²) in [5, 5.41) is 2.98. The number of nitrogens with one attached hydrogen (secondary N) is 1. The number of amides is 1. The third-order valence-electron chi connectivity index (χ3n) is 4.38. The zero-order valence-electron chi connectivity index (χ0n) is 15.6. The first-order chi connectivity index (χ1) is 13.2. The number of ether oxygens (including phenoxy) is 2. The number of hydrogen-bond acceptors (Lipinski definition) is 3. The maximum Gasteiger partial charge on any atom is 0.251 e. The first kappa shape index (κ1) is 18.5. The van der Waals surface area contributed by atoms with E-state index in [0.717, 1.165) is 34.6 Å². The van der Waals surface area contributed by atoms with Gasteiger partial charge >= 0.3 is 0 Å². The highest BCUT2D eigenvalue weighted by Crippen LogP contribution is 2.23. The SMILES string of the molecule is COc1ccc(-c2cccc(C(=O)NCCc3cccc(OC)c3)c2)cc1. The Morgan fingerprint density at radius 1 is 0.815 bits per heavy atom. The maximum absolute atomic E-state index is 12.5. The van der Waals surface area contributed by atoms with Crippen LogP contribution in [-0.4, -0.2) is 26.7 Å². The Balaban J connectivity index is 1.62.